The van der Waals surface area contributed by atoms with E-state index in [1.165, 1.54) is 0 Å². The highest BCUT2D eigenvalue weighted by atomic mass is 16.5. The van der Waals surface area contributed by atoms with Crippen molar-refractivity contribution in [2.75, 3.05) is 11.9 Å². The second-order valence-corrected chi connectivity index (χ2v) is 6.47. The molecule has 0 bridgehead atoms. The zero-order chi connectivity index (χ0) is 19.1. The third kappa shape index (κ3) is 5.08. The summed E-state index contributed by atoms with van der Waals surface area (Å²) in [5.41, 5.74) is 1.42. The van der Waals surface area contributed by atoms with Crippen molar-refractivity contribution in [3.8, 4) is 11.8 Å². The van der Waals surface area contributed by atoms with E-state index < -0.39 is 0 Å². The van der Waals surface area contributed by atoms with Crippen LogP contribution in [-0.4, -0.2) is 24.5 Å². The van der Waals surface area contributed by atoms with E-state index in [-0.39, 0.29) is 24.5 Å². The summed E-state index contributed by atoms with van der Waals surface area (Å²) in [6.07, 6.45) is 4.27. The summed E-state index contributed by atoms with van der Waals surface area (Å²) in [6, 6.07) is 15.7. The topological polar surface area (TPSA) is 91.2 Å². The molecule has 1 fully saturated rings. The Kier molecular flexibility index (Phi) is 6.06. The Morgan fingerprint density at radius 2 is 1.78 bits per heavy atom. The minimum Gasteiger partial charge on any atom is -0.484 e. The van der Waals surface area contributed by atoms with E-state index in [2.05, 4.69) is 10.6 Å². The summed E-state index contributed by atoms with van der Waals surface area (Å²) < 4.78 is 5.43. The van der Waals surface area contributed by atoms with Gasteiger partial charge >= 0.3 is 0 Å². The molecule has 1 aliphatic rings. The van der Waals surface area contributed by atoms with Crippen molar-refractivity contribution in [2.24, 2.45) is 0 Å². The lowest BCUT2D eigenvalue weighted by Gasteiger charge is -2.15. The maximum absolute atomic E-state index is 12.5. The van der Waals surface area contributed by atoms with Crippen LogP contribution >= 0.6 is 0 Å². The van der Waals surface area contributed by atoms with E-state index in [9.17, 15) is 9.59 Å². The van der Waals surface area contributed by atoms with Crippen molar-refractivity contribution in [3.63, 3.8) is 0 Å². The smallest absolute Gasteiger partial charge is 0.262 e. The zero-order valence-corrected chi connectivity index (χ0v) is 14.9. The highest BCUT2D eigenvalue weighted by Gasteiger charge is 2.20. The molecule has 0 aromatic heterocycles. The molecular formula is C21H21N3O3. The number of nitriles is 1. The second-order valence-electron chi connectivity index (χ2n) is 6.47. The zero-order valence-electron chi connectivity index (χ0n) is 14.9. The van der Waals surface area contributed by atoms with Crippen molar-refractivity contribution in [2.45, 2.75) is 31.7 Å². The van der Waals surface area contributed by atoms with Crippen LogP contribution in [0.4, 0.5) is 5.69 Å². The van der Waals surface area contributed by atoms with Crippen LogP contribution in [0.1, 0.15) is 41.6 Å². The number of para-hydroxylation sites is 1. The molecule has 6 heteroatoms. The third-order valence-electron chi connectivity index (χ3n) is 4.49. The van der Waals surface area contributed by atoms with E-state index in [1.54, 1.807) is 48.5 Å². The van der Waals surface area contributed by atoms with Crippen LogP contribution in [0.5, 0.6) is 5.75 Å². The first kappa shape index (κ1) is 18.5. The Morgan fingerprint density at radius 1 is 1.07 bits per heavy atom. The molecule has 2 aromatic rings. The molecule has 0 heterocycles. The Bertz CT molecular complexity index is 850. The van der Waals surface area contributed by atoms with Crippen molar-refractivity contribution in [3.05, 3.63) is 59.7 Å². The van der Waals surface area contributed by atoms with Crippen LogP contribution in [-0.2, 0) is 4.79 Å². The van der Waals surface area contributed by atoms with Crippen molar-refractivity contribution < 1.29 is 14.3 Å². The Balaban J connectivity index is 1.58. The number of carbonyl (C=O) groups excluding carboxylic acids is 2. The summed E-state index contributed by atoms with van der Waals surface area (Å²) in [7, 11) is 0. The minimum atomic E-state index is -0.361. The van der Waals surface area contributed by atoms with Gasteiger partial charge in [0, 0.05) is 6.04 Å². The first-order valence-corrected chi connectivity index (χ1v) is 8.98. The SMILES string of the molecule is N#Cc1ccc(OCC(=O)Nc2ccccc2C(=O)NC2CCCC2)cc1. The standard InChI is InChI=1S/C21H21N3O3/c22-13-15-9-11-17(12-10-15)27-14-20(25)24-19-8-4-3-7-18(19)21(26)23-16-5-1-2-6-16/h3-4,7-12,16H,1-2,5-6,14H2,(H,23,26)(H,24,25). The van der Waals surface area contributed by atoms with Crippen molar-refractivity contribution >= 4 is 17.5 Å². The fraction of sp³-hybridized carbons (Fsp3) is 0.286. The molecule has 0 spiro atoms. The van der Waals surface area contributed by atoms with Crippen LogP contribution in [0, 0.1) is 11.3 Å². The minimum absolute atomic E-state index is 0.175. The number of nitrogens with one attached hydrogen (secondary N) is 2. The molecular weight excluding hydrogens is 342 g/mol. The van der Waals surface area contributed by atoms with Crippen LogP contribution in [0.3, 0.4) is 0 Å². The molecule has 2 amide bonds. The molecule has 1 aliphatic carbocycles. The van der Waals surface area contributed by atoms with Crippen LogP contribution < -0.4 is 15.4 Å². The number of anilines is 1. The van der Waals surface area contributed by atoms with Crippen LogP contribution in [0.25, 0.3) is 0 Å². The van der Waals surface area contributed by atoms with Crippen molar-refractivity contribution in [1.82, 2.24) is 5.32 Å². The number of nitrogens with zero attached hydrogens (tertiary/aromatic N) is 1. The van der Waals surface area contributed by atoms with E-state index >= 15 is 0 Å². The number of hydrogen-bond donors (Lipinski definition) is 2. The summed E-state index contributed by atoms with van der Waals surface area (Å²) in [4.78, 5) is 24.7. The van der Waals surface area contributed by atoms with Gasteiger partial charge < -0.3 is 15.4 Å². The van der Waals surface area contributed by atoms with Crippen LogP contribution in [0.2, 0.25) is 0 Å². The molecule has 2 aromatic carbocycles. The molecule has 27 heavy (non-hydrogen) atoms. The van der Waals surface area contributed by atoms with Gasteiger partial charge in [-0.1, -0.05) is 25.0 Å². The predicted molar refractivity (Wildman–Crippen MR) is 101 cm³/mol. The molecule has 0 unspecified atom stereocenters. The largest absolute Gasteiger partial charge is 0.484 e. The lowest BCUT2D eigenvalue weighted by molar-refractivity contribution is -0.118. The summed E-state index contributed by atoms with van der Waals surface area (Å²) >= 11 is 0. The van der Waals surface area contributed by atoms with E-state index in [0.29, 0.717) is 22.6 Å². The first-order chi connectivity index (χ1) is 13.2. The summed E-state index contributed by atoms with van der Waals surface area (Å²) in [5, 5.41) is 14.5. The Labute approximate surface area is 158 Å². The maximum atomic E-state index is 12.5. The predicted octanol–water partition coefficient (Wildman–Crippen LogP) is 3.25. The third-order valence-corrected chi connectivity index (χ3v) is 4.49. The van der Waals surface area contributed by atoms with E-state index in [0.717, 1.165) is 25.7 Å². The second kappa shape index (κ2) is 8.86. The van der Waals surface area contributed by atoms with Gasteiger partial charge in [-0.2, -0.15) is 5.26 Å². The van der Waals surface area contributed by atoms with Gasteiger partial charge in [-0.25, -0.2) is 0 Å². The molecule has 2 N–H and O–H groups in total. The number of benzene rings is 2. The molecule has 6 nitrogen and oxygen atoms in total. The maximum Gasteiger partial charge on any atom is 0.262 e. The monoisotopic (exact) mass is 363 g/mol. The van der Waals surface area contributed by atoms with Gasteiger partial charge in [0.15, 0.2) is 6.61 Å². The van der Waals surface area contributed by atoms with Gasteiger partial charge in [-0.3, -0.25) is 9.59 Å². The molecule has 138 valence electrons. The Morgan fingerprint density at radius 3 is 2.48 bits per heavy atom. The number of carbonyl (C=O) groups is 2. The first-order valence-electron chi connectivity index (χ1n) is 8.98. The van der Waals surface area contributed by atoms with E-state index in [1.807, 2.05) is 6.07 Å². The van der Waals surface area contributed by atoms with Crippen molar-refractivity contribution in [1.29, 1.82) is 5.26 Å². The normalized spacial score (nSPS) is 13.6. The fourth-order valence-electron chi connectivity index (χ4n) is 3.08. The van der Waals surface area contributed by atoms with Gasteiger partial charge in [-0.05, 0) is 49.2 Å². The summed E-state index contributed by atoms with van der Waals surface area (Å²) in [5.74, 6) is -0.0392. The molecule has 1 saturated carbocycles. The van der Waals surface area contributed by atoms with E-state index in [4.69, 9.17) is 10.00 Å². The number of hydrogen-bond acceptors (Lipinski definition) is 4. The molecule has 0 saturated heterocycles. The van der Waals surface area contributed by atoms with Crippen LogP contribution in [0.15, 0.2) is 48.5 Å². The Hall–Kier alpha value is -3.33. The van der Waals surface area contributed by atoms with Gasteiger partial charge in [0.25, 0.3) is 11.8 Å². The average molecular weight is 363 g/mol. The quantitative estimate of drug-likeness (QED) is 0.824. The van der Waals surface area contributed by atoms with Gasteiger partial charge in [0.2, 0.25) is 0 Å². The lowest BCUT2D eigenvalue weighted by Crippen LogP contribution is -2.33. The molecule has 0 aliphatic heterocycles. The molecule has 0 atom stereocenters. The molecule has 3 rings (SSSR count). The number of rotatable bonds is 6. The number of ether oxygens (including phenoxy) is 1. The number of amides is 2. The summed E-state index contributed by atoms with van der Waals surface area (Å²) in [6.45, 7) is -0.190. The average Bonchev–Trinajstić information content (AvgIpc) is 3.20. The lowest BCUT2D eigenvalue weighted by atomic mass is 10.1. The highest BCUT2D eigenvalue weighted by Crippen LogP contribution is 2.20. The van der Waals surface area contributed by atoms with Gasteiger partial charge in [-0.15, -0.1) is 0 Å². The highest BCUT2D eigenvalue weighted by molar-refractivity contribution is 6.04. The fourth-order valence-corrected chi connectivity index (χ4v) is 3.08. The molecule has 0 radical (unpaired) electrons. The van der Waals surface area contributed by atoms with Gasteiger partial charge in [0.1, 0.15) is 5.75 Å². The van der Waals surface area contributed by atoms with Gasteiger partial charge in [0.05, 0.1) is 22.9 Å².